The molecule has 0 N–H and O–H groups in total. The van der Waals surface area contributed by atoms with Gasteiger partial charge in [-0.1, -0.05) is 173 Å². The fourth-order valence-corrected chi connectivity index (χ4v) is 13.4. The van der Waals surface area contributed by atoms with Crippen LogP contribution >= 0.6 is 0 Å². The monoisotopic (exact) mass is 900 g/mol. The van der Waals surface area contributed by atoms with Crippen molar-refractivity contribution in [1.29, 1.82) is 0 Å². The SMILES string of the molecule is CC1(C)c2ccccc2-c2cc(-c3ccc(-c4c5ccc(N6CCCc7ccccc76)cc5c(-c5ccc6c(c5)C(C)(C)c5ccccc5-6)c5ccc(N6CCCc7ccccc76)cc45)cc3)ccc21. The third-order valence-corrected chi connectivity index (χ3v) is 16.9. The van der Waals surface area contributed by atoms with Gasteiger partial charge in [0.15, 0.2) is 0 Å². The van der Waals surface area contributed by atoms with Gasteiger partial charge in [-0.3, -0.25) is 0 Å². The maximum absolute atomic E-state index is 2.57. The zero-order valence-corrected chi connectivity index (χ0v) is 40.6. The van der Waals surface area contributed by atoms with E-state index in [1.54, 1.807) is 0 Å². The fraction of sp³-hybridized carbons (Fsp3) is 0.176. The van der Waals surface area contributed by atoms with E-state index in [4.69, 9.17) is 0 Å². The molecule has 70 heavy (non-hydrogen) atoms. The molecular formula is C68H56N2. The average Bonchev–Trinajstić information content (AvgIpc) is 3.78. The van der Waals surface area contributed by atoms with Crippen molar-refractivity contribution < 1.29 is 0 Å². The number of benzene rings is 10. The van der Waals surface area contributed by atoms with Crippen molar-refractivity contribution in [3.8, 4) is 55.6 Å². The lowest BCUT2D eigenvalue weighted by Crippen LogP contribution is -2.24. The van der Waals surface area contributed by atoms with E-state index in [9.17, 15) is 0 Å². The second-order valence-corrected chi connectivity index (χ2v) is 21.4. The molecule has 2 heteroatoms. The fourth-order valence-electron chi connectivity index (χ4n) is 13.4. The standard InChI is InChI=1S/C68H56N2/c1-67(2)60-22-10-8-20-52(60)56-39-47(30-36-61(56)67)43-25-27-46(28-26-43)65-54-34-31-50(70-38-14-18-45-16-6-12-24-64(45)70)42-58(54)66(48-29-33-53-51-19-7-9-21-59(51)68(3,4)62(53)40-48)55-35-32-49(41-57(55)65)69-37-13-17-44-15-5-11-23-63(44)69/h5-12,15-16,19-36,39-42H,13-14,17-18,37-38H2,1-4H3. The Bertz CT molecular complexity index is 3790. The van der Waals surface area contributed by atoms with Gasteiger partial charge in [-0.15, -0.1) is 0 Å². The summed E-state index contributed by atoms with van der Waals surface area (Å²) in [6.45, 7) is 11.5. The summed E-state index contributed by atoms with van der Waals surface area (Å²) in [5.74, 6) is 0. The van der Waals surface area contributed by atoms with Crippen LogP contribution in [-0.4, -0.2) is 13.1 Å². The summed E-state index contributed by atoms with van der Waals surface area (Å²) in [5, 5.41) is 5.13. The van der Waals surface area contributed by atoms with Crippen LogP contribution in [0.3, 0.4) is 0 Å². The van der Waals surface area contributed by atoms with Crippen LogP contribution in [0.1, 0.15) is 73.9 Å². The van der Waals surface area contributed by atoms with E-state index >= 15 is 0 Å². The number of nitrogens with zero attached hydrogens (tertiary/aromatic N) is 2. The highest BCUT2D eigenvalue weighted by Gasteiger charge is 2.37. The van der Waals surface area contributed by atoms with Crippen LogP contribution in [0.15, 0.2) is 194 Å². The van der Waals surface area contributed by atoms with Crippen molar-refractivity contribution in [2.45, 2.75) is 64.2 Å². The molecule has 2 aliphatic carbocycles. The van der Waals surface area contributed by atoms with Gasteiger partial charge in [0.25, 0.3) is 0 Å². The van der Waals surface area contributed by atoms with Gasteiger partial charge >= 0.3 is 0 Å². The molecule has 0 saturated carbocycles. The number of hydrogen-bond donors (Lipinski definition) is 0. The summed E-state index contributed by atoms with van der Waals surface area (Å²) >= 11 is 0. The summed E-state index contributed by atoms with van der Waals surface area (Å²) in [4.78, 5) is 5.13. The molecule has 0 unspecified atom stereocenters. The van der Waals surface area contributed by atoms with Gasteiger partial charge in [-0.25, -0.2) is 0 Å². The highest BCUT2D eigenvalue weighted by Crippen LogP contribution is 2.54. The molecule has 0 bridgehead atoms. The van der Waals surface area contributed by atoms with Crippen LogP contribution in [0, 0.1) is 0 Å². The summed E-state index contributed by atoms with van der Waals surface area (Å²) in [7, 11) is 0. The van der Waals surface area contributed by atoms with Gasteiger partial charge in [0.05, 0.1) is 0 Å². The van der Waals surface area contributed by atoms with E-state index in [-0.39, 0.29) is 10.8 Å². The molecule has 4 aliphatic rings. The molecule has 2 nitrogen and oxygen atoms in total. The number of hydrogen-bond acceptors (Lipinski definition) is 2. The number of fused-ring (bicyclic) bond motifs is 10. The third kappa shape index (κ3) is 6.11. The molecule has 10 aromatic rings. The maximum atomic E-state index is 2.57. The number of para-hydroxylation sites is 2. The highest BCUT2D eigenvalue weighted by molar-refractivity contribution is 6.22. The van der Waals surface area contributed by atoms with Crippen LogP contribution in [-0.2, 0) is 23.7 Å². The molecule has 338 valence electrons. The van der Waals surface area contributed by atoms with Crippen LogP contribution in [0.5, 0.6) is 0 Å². The van der Waals surface area contributed by atoms with Gasteiger partial charge in [0.1, 0.15) is 0 Å². The van der Waals surface area contributed by atoms with Crippen LogP contribution in [0.25, 0.3) is 77.2 Å². The van der Waals surface area contributed by atoms with E-state index in [2.05, 4.69) is 232 Å². The van der Waals surface area contributed by atoms with E-state index in [1.165, 1.54) is 133 Å². The summed E-state index contributed by atoms with van der Waals surface area (Å²) < 4.78 is 0. The minimum atomic E-state index is -0.120. The van der Waals surface area contributed by atoms with Gasteiger partial charge in [0.2, 0.25) is 0 Å². The second-order valence-electron chi connectivity index (χ2n) is 21.4. The lowest BCUT2D eigenvalue weighted by atomic mass is 9.80. The van der Waals surface area contributed by atoms with Crippen molar-refractivity contribution >= 4 is 44.3 Å². The maximum Gasteiger partial charge on any atom is 0.0443 e. The minimum absolute atomic E-state index is 0.0179. The minimum Gasteiger partial charge on any atom is -0.341 e. The number of rotatable bonds is 5. The zero-order valence-electron chi connectivity index (χ0n) is 40.6. The Balaban J connectivity index is 1.01. The summed E-state index contributed by atoms with van der Waals surface area (Å²) in [5.41, 5.74) is 26.5. The molecule has 0 atom stereocenters. The molecule has 0 spiro atoms. The highest BCUT2D eigenvalue weighted by atomic mass is 15.1. The predicted octanol–water partition coefficient (Wildman–Crippen LogP) is 17.8. The second kappa shape index (κ2) is 15.4. The van der Waals surface area contributed by atoms with Gasteiger partial charge in [-0.05, 0) is 185 Å². The molecule has 14 rings (SSSR count). The lowest BCUT2D eigenvalue weighted by Gasteiger charge is -2.32. The van der Waals surface area contributed by atoms with Crippen molar-refractivity contribution in [1.82, 2.24) is 0 Å². The molecule has 0 saturated heterocycles. The van der Waals surface area contributed by atoms with Crippen molar-refractivity contribution in [2.24, 2.45) is 0 Å². The van der Waals surface area contributed by atoms with Crippen LogP contribution in [0.2, 0.25) is 0 Å². The first-order valence-electron chi connectivity index (χ1n) is 25.6. The van der Waals surface area contributed by atoms with Gasteiger partial charge in [0, 0.05) is 46.7 Å². The molecule has 0 amide bonds. The van der Waals surface area contributed by atoms with Gasteiger partial charge in [-0.2, -0.15) is 0 Å². The normalized spacial score (nSPS) is 15.8. The lowest BCUT2D eigenvalue weighted by molar-refractivity contribution is 0.660. The van der Waals surface area contributed by atoms with E-state index in [0.717, 1.165) is 38.8 Å². The Hall–Kier alpha value is -7.68. The molecule has 0 radical (unpaired) electrons. The molecule has 0 aromatic heterocycles. The average molecular weight is 901 g/mol. The third-order valence-electron chi connectivity index (χ3n) is 16.9. The Morgan fingerprint density at radius 2 is 0.786 bits per heavy atom. The first kappa shape index (κ1) is 41.3. The molecular weight excluding hydrogens is 845 g/mol. The van der Waals surface area contributed by atoms with E-state index in [1.807, 2.05) is 0 Å². The predicted molar refractivity (Wildman–Crippen MR) is 296 cm³/mol. The molecule has 10 aromatic carbocycles. The van der Waals surface area contributed by atoms with E-state index < -0.39 is 0 Å². The smallest absolute Gasteiger partial charge is 0.0443 e. The Morgan fingerprint density at radius 1 is 0.329 bits per heavy atom. The molecule has 0 fully saturated rings. The summed E-state index contributed by atoms with van der Waals surface area (Å²) in [6.07, 6.45) is 4.50. The van der Waals surface area contributed by atoms with Crippen molar-refractivity contribution in [3.63, 3.8) is 0 Å². The number of aryl methyl sites for hydroxylation is 2. The first-order valence-corrected chi connectivity index (χ1v) is 25.6. The quantitative estimate of drug-likeness (QED) is 0.159. The topological polar surface area (TPSA) is 6.48 Å². The first-order chi connectivity index (χ1) is 34.2. The summed E-state index contributed by atoms with van der Waals surface area (Å²) in [6, 6.07) is 74.7. The Labute approximate surface area is 412 Å². The largest absolute Gasteiger partial charge is 0.341 e. The molecule has 2 heterocycles. The Morgan fingerprint density at radius 3 is 1.40 bits per heavy atom. The number of anilines is 4. The molecule has 2 aliphatic heterocycles. The zero-order chi connectivity index (χ0) is 46.9. The Kier molecular flexibility index (Phi) is 9.09. The van der Waals surface area contributed by atoms with Crippen LogP contribution < -0.4 is 9.80 Å². The van der Waals surface area contributed by atoms with Crippen LogP contribution in [0.4, 0.5) is 22.7 Å². The van der Waals surface area contributed by atoms with Crippen molar-refractivity contribution in [2.75, 3.05) is 22.9 Å². The van der Waals surface area contributed by atoms with Gasteiger partial charge < -0.3 is 9.80 Å². The van der Waals surface area contributed by atoms with E-state index in [0.29, 0.717) is 0 Å². The van der Waals surface area contributed by atoms with Crippen molar-refractivity contribution in [3.05, 3.63) is 228 Å².